The van der Waals surface area contributed by atoms with Gasteiger partial charge in [-0.15, -0.1) is 0 Å². The standard InChI is InChI=1S/C12H24N2O3/c1-8(2)13-11(15)7-14(5)10(4)9(3)12(16)17-6/h8-10H,7H2,1-6H3,(H,13,15). The zero-order chi connectivity index (χ0) is 13.6. The molecular formula is C12H24N2O3. The van der Waals surface area contributed by atoms with Gasteiger partial charge in [0.1, 0.15) is 0 Å². The fourth-order valence-corrected chi connectivity index (χ4v) is 1.50. The number of hydrogen-bond donors (Lipinski definition) is 1. The molecule has 0 spiro atoms. The minimum absolute atomic E-state index is 0.0357. The molecule has 1 amide bonds. The van der Waals surface area contributed by atoms with Crippen molar-refractivity contribution in [3.63, 3.8) is 0 Å². The number of carbonyl (C=O) groups excluding carboxylic acids is 2. The maximum Gasteiger partial charge on any atom is 0.309 e. The van der Waals surface area contributed by atoms with Crippen molar-refractivity contribution in [1.29, 1.82) is 0 Å². The molecule has 0 aliphatic carbocycles. The maximum absolute atomic E-state index is 11.6. The van der Waals surface area contributed by atoms with Gasteiger partial charge in [0, 0.05) is 12.1 Å². The highest BCUT2D eigenvalue weighted by atomic mass is 16.5. The van der Waals surface area contributed by atoms with Crippen molar-refractivity contribution >= 4 is 11.9 Å². The van der Waals surface area contributed by atoms with E-state index in [0.29, 0.717) is 0 Å². The van der Waals surface area contributed by atoms with Crippen LogP contribution in [0.25, 0.3) is 0 Å². The first-order valence-electron chi connectivity index (χ1n) is 5.87. The second-order valence-electron chi connectivity index (χ2n) is 4.69. The molecule has 0 aromatic heterocycles. The van der Waals surface area contributed by atoms with Gasteiger partial charge < -0.3 is 10.1 Å². The number of nitrogens with zero attached hydrogens (tertiary/aromatic N) is 1. The van der Waals surface area contributed by atoms with Gasteiger partial charge in [0.25, 0.3) is 0 Å². The Morgan fingerprint density at radius 2 is 1.76 bits per heavy atom. The molecule has 2 unspecified atom stereocenters. The van der Waals surface area contributed by atoms with Crippen LogP contribution in [0.1, 0.15) is 27.7 Å². The summed E-state index contributed by atoms with van der Waals surface area (Å²) in [5.74, 6) is -0.545. The first-order chi connectivity index (χ1) is 7.79. The number of nitrogens with one attached hydrogen (secondary N) is 1. The Balaban J connectivity index is 4.26. The molecule has 0 aromatic rings. The van der Waals surface area contributed by atoms with E-state index >= 15 is 0 Å². The SMILES string of the molecule is COC(=O)C(C)C(C)N(C)CC(=O)NC(C)C. The van der Waals surface area contributed by atoms with Gasteiger partial charge in [0.15, 0.2) is 0 Å². The van der Waals surface area contributed by atoms with Crippen LogP contribution in [0.3, 0.4) is 0 Å². The number of amides is 1. The topological polar surface area (TPSA) is 58.6 Å². The van der Waals surface area contributed by atoms with E-state index in [9.17, 15) is 9.59 Å². The molecule has 2 atom stereocenters. The summed E-state index contributed by atoms with van der Waals surface area (Å²) in [5.41, 5.74) is 0. The highest BCUT2D eigenvalue weighted by molar-refractivity contribution is 5.78. The van der Waals surface area contributed by atoms with E-state index in [-0.39, 0.29) is 36.4 Å². The molecule has 17 heavy (non-hydrogen) atoms. The Bertz CT molecular complexity index is 266. The zero-order valence-corrected chi connectivity index (χ0v) is 11.6. The van der Waals surface area contributed by atoms with Crippen molar-refractivity contribution in [3.8, 4) is 0 Å². The molecule has 5 heteroatoms. The van der Waals surface area contributed by atoms with E-state index in [0.717, 1.165) is 0 Å². The van der Waals surface area contributed by atoms with E-state index in [1.54, 1.807) is 6.92 Å². The molecule has 100 valence electrons. The van der Waals surface area contributed by atoms with E-state index in [2.05, 4.69) is 10.1 Å². The predicted molar refractivity (Wildman–Crippen MR) is 66.6 cm³/mol. The molecule has 0 aliphatic rings. The van der Waals surface area contributed by atoms with Crippen LogP contribution in [0.5, 0.6) is 0 Å². The number of esters is 1. The lowest BCUT2D eigenvalue weighted by molar-refractivity contribution is -0.147. The third-order valence-corrected chi connectivity index (χ3v) is 2.83. The zero-order valence-electron chi connectivity index (χ0n) is 11.6. The van der Waals surface area contributed by atoms with Crippen LogP contribution in [-0.2, 0) is 14.3 Å². The molecule has 0 aromatic carbocycles. The monoisotopic (exact) mass is 244 g/mol. The lowest BCUT2D eigenvalue weighted by Crippen LogP contribution is -2.45. The van der Waals surface area contributed by atoms with E-state index in [1.807, 2.05) is 32.7 Å². The molecule has 5 nitrogen and oxygen atoms in total. The number of carbonyl (C=O) groups is 2. The van der Waals surface area contributed by atoms with Crippen molar-refractivity contribution in [3.05, 3.63) is 0 Å². The van der Waals surface area contributed by atoms with Crippen molar-refractivity contribution in [2.45, 2.75) is 39.8 Å². The molecule has 1 N–H and O–H groups in total. The number of hydrogen-bond acceptors (Lipinski definition) is 4. The smallest absolute Gasteiger partial charge is 0.309 e. The highest BCUT2D eigenvalue weighted by Crippen LogP contribution is 2.10. The van der Waals surface area contributed by atoms with Gasteiger partial charge in [-0.3, -0.25) is 14.5 Å². The fraction of sp³-hybridized carbons (Fsp3) is 0.833. The third kappa shape index (κ3) is 5.68. The van der Waals surface area contributed by atoms with Gasteiger partial charge in [-0.25, -0.2) is 0 Å². The Hall–Kier alpha value is -1.10. The van der Waals surface area contributed by atoms with Crippen LogP contribution < -0.4 is 5.32 Å². The van der Waals surface area contributed by atoms with Crippen molar-refractivity contribution in [2.24, 2.45) is 5.92 Å². The molecule has 0 rings (SSSR count). The predicted octanol–water partition coefficient (Wildman–Crippen LogP) is 0.640. The molecule has 0 saturated heterocycles. The van der Waals surface area contributed by atoms with Crippen LogP contribution in [0.2, 0.25) is 0 Å². The summed E-state index contributed by atoms with van der Waals surface area (Å²) in [4.78, 5) is 24.8. The van der Waals surface area contributed by atoms with Crippen molar-refractivity contribution in [2.75, 3.05) is 20.7 Å². The van der Waals surface area contributed by atoms with Crippen molar-refractivity contribution in [1.82, 2.24) is 10.2 Å². The first-order valence-corrected chi connectivity index (χ1v) is 5.87. The summed E-state index contributed by atoms with van der Waals surface area (Å²) >= 11 is 0. The Labute approximate surface area is 103 Å². The average molecular weight is 244 g/mol. The molecule has 0 radical (unpaired) electrons. The second kappa shape index (κ2) is 7.27. The molecule has 0 fully saturated rings. The molecule has 0 heterocycles. The summed E-state index contributed by atoms with van der Waals surface area (Å²) in [6, 6.07) is 0.0876. The highest BCUT2D eigenvalue weighted by Gasteiger charge is 2.25. The largest absolute Gasteiger partial charge is 0.469 e. The second-order valence-corrected chi connectivity index (χ2v) is 4.69. The Morgan fingerprint density at radius 1 is 1.24 bits per heavy atom. The van der Waals surface area contributed by atoms with Gasteiger partial charge in [-0.1, -0.05) is 6.92 Å². The van der Waals surface area contributed by atoms with Crippen LogP contribution in [0.4, 0.5) is 0 Å². The number of likely N-dealkylation sites (N-methyl/N-ethyl adjacent to an activating group) is 1. The lowest BCUT2D eigenvalue weighted by Gasteiger charge is -2.28. The number of ether oxygens (including phenoxy) is 1. The normalized spacial score (nSPS) is 14.6. The minimum Gasteiger partial charge on any atom is -0.469 e. The fourth-order valence-electron chi connectivity index (χ4n) is 1.50. The van der Waals surface area contributed by atoms with E-state index in [4.69, 9.17) is 0 Å². The summed E-state index contributed by atoms with van der Waals surface area (Å²) in [6.07, 6.45) is 0. The van der Waals surface area contributed by atoms with Crippen LogP contribution in [0, 0.1) is 5.92 Å². The van der Waals surface area contributed by atoms with Gasteiger partial charge in [-0.05, 0) is 27.8 Å². The Morgan fingerprint density at radius 3 is 2.18 bits per heavy atom. The molecular weight excluding hydrogens is 220 g/mol. The molecule has 0 aliphatic heterocycles. The van der Waals surface area contributed by atoms with Crippen LogP contribution in [-0.4, -0.2) is 49.6 Å². The Kier molecular flexibility index (Phi) is 6.80. The number of methoxy groups -OCH3 is 1. The van der Waals surface area contributed by atoms with Gasteiger partial charge in [0.05, 0.1) is 19.6 Å². The lowest BCUT2D eigenvalue weighted by atomic mass is 10.0. The minimum atomic E-state index is -0.256. The quantitative estimate of drug-likeness (QED) is 0.697. The molecule has 0 saturated carbocycles. The average Bonchev–Trinajstić information content (AvgIpc) is 2.24. The first kappa shape index (κ1) is 15.9. The third-order valence-electron chi connectivity index (χ3n) is 2.83. The van der Waals surface area contributed by atoms with Gasteiger partial charge in [-0.2, -0.15) is 0 Å². The summed E-state index contributed by atoms with van der Waals surface area (Å²) in [7, 11) is 3.20. The number of rotatable bonds is 6. The van der Waals surface area contributed by atoms with Crippen molar-refractivity contribution < 1.29 is 14.3 Å². The van der Waals surface area contributed by atoms with E-state index in [1.165, 1.54) is 7.11 Å². The van der Waals surface area contributed by atoms with Gasteiger partial charge in [0.2, 0.25) is 5.91 Å². The van der Waals surface area contributed by atoms with Crippen LogP contribution >= 0.6 is 0 Å². The van der Waals surface area contributed by atoms with Gasteiger partial charge >= 0.3 is 5.97 Å². The maximum atomic E-state index is 11.6. The summed E-state index contributed by atoms with van der Waals surface area (Å²) in [5, 5.41) is 2.81. The van der Waals surface area contributed by atoms with E-state index < -0.39 is 0 Å². The summed E-state index contributed by atoms with van der Waals surface area (Å²) < 4.78 is 4.69. The summed E-state index contributed by atoms with van der Waals surface area (Å²) in [6.45, 7) is 7.81. The van der Waals surface area contributed by atoms with Crippen LogP contribution in [0.15, 0.2) is 0 Å². The molecule has 0 bridgehead atoms.